The van der Waals surface area contributed by atoms with E-state index in [4.69, 9.17) is 11.6 Å². The molecule has 1 amide bonds. The van der Waals surface area contributed by atoms with E-state index in [2.05, 4.69) is 0 Å². The second kappa shape index (κ2) is 5.50. The van der Waals surface area contributed by atoms with Crippen molar-refractivity contribution in [1.82, 2.24) is 0 Å². The Balaban J connectivity index is 2.03. The van der Waals surface area contributed by atoms with Crippen LogP contribution in [-0.4, -0.2) is 16.6 Å². The first kappa shape index (κ1) is 17.4. The lowest BCUT2D eigenvalue weighted by Gasteiger charge is -2.34. The van der Waals surface area contributed by atoms with Gasteiger partial charge in [-0.1, -0.05) is 55.8 Å². The summed E-state index contributed by atoms with van der Waals surface area (Å²) in [6, 6.07) is 12.7. The first-order valence-electron chi connectivity index (χ1n) is 8.33. The molecule has 0 saturated heterocycles. The van der Waals surface area contributed by atoms with Gasteiger partial charge in [-0.2, -0.15) is 0 Å². The summed E-state index contributed by atoms with van der Waals surface area (Å²) in [5.74, 6) is -1.72. The quantitative estimate of drug-likeness (QED) is 0.451. The van der Waals surface area contributed by atoms with E-state index in [9.17, 15) is 19.7 Å². The minimum atomic E-state index is -2.50. The highest BCUT2D eigenvalue weighted by Gasteiger charge is 2.66. The van der Waals surface area contributed by atoms with Crippen molar-refractivity contribution in [2.75, 3.05) is 4.90 Å². The molecule has 27 heavy (non-hydrogen) atoms. The second-order valence-electron chi connectivity index (χ2n) is 7.15. The third-order valence-electron chi connectivity index (χ3n) is 5.36. The van der Waals surface area contributed by atoms with Crippen LogP contribution in [0.2, 0.25) is 5.02 Å². The van der Waals surface area contributed by atoms with Gasteiger partial charge in [-0.25, -0.2) is 0 Å². The average Bonchev–Trinajstić information content (AvgIpc) is 2.83. The molecular formula is C20H15ClN2O4. The first-order chi connectivity index (χ1) is 12.7. The van der Waals surface area contributed by atoms with Gasteiger partial charge in [0, 0.05) is 32.7 Å². The molecule has 0 aromatic heterocycles. The van der Waals surface area contributed by atoms with Crippen molar-refractivity contribution >= 4 is 29.0 Å². The lowest BCUT2D eigenvalue weighted by Crippen LogP contribution is -2.59. The molecule has 1 atom stereocenters. The normalized spacial score (nSPS) is 22.9. The zero-order valence-corrected chi connectivity index (χ0v) is 15.4. The lowest BCUT2D eigenvalue weighted by molar-refractivity contribution is -0.542. The molecule has 7 heteroatoms. The van der Waals surface area contributed by atoms with E-state index >= 15 is 0 Å². The van der Waals surface area contributed by atoms with E-state index in [0.29, 0.717) is 16.4 Å². The molecule has 0 spiro atoms. The molecule has 0 bridgehead atoms. The van der Waals surface area contributed by atoms with Gasteiger partial charge in [-0.15, -0.1) is 0 Å². The summed E-state index contributed by atoms with van der Waals surface area (Å²) in [7, 11) is 0. The Morgan fingerprint density at radius 3 is 2.37 bits per heavy atom. The molecular weight excluding hydrogens is 368 g/mol. The number of anilines is 1. The number of amides is 1. The number of hydrogen-bond acceptors (Lipinski definition) is 4. The Hall–Kier alpha value is -2.99. The zero-order valence-electron chi connectivity index (χ0n) is 14.6. The highest BCUT2D eigenvalue weighted by atomic mass is 35.5. The van der Waals surface area contributed by atoms with E-state index in [1.807, 2.05) is 13.8 Å². The van der Waals surface area contributed by atoms with Gasteiger partial charge < -0.3 is 0 Å². The van der Waals surface area contributed by atoms with E-state index < -0.39 is 27.6 Å². The fourth-order valence-electron chi connectivity index (χ4n) is 3.93. The van der Waals surface area contributed by atoms with Crippen LogP contribution in [0.5, 0.6) is 0 Å². The maximum absolute atomic E-state index is 13.5. The van der Waals surface area contributed by atoms with Crippen LogP contribution in [0, 0.1) is 10.1 Å². The summed E-state index contributed by atoms with van der Waals surface area (Å²) in [4.78, 5) is 39.1. The predicted molar refractivity (Wildman–Crippen MR) is 100 cm³/mol. The van der Waals surface area contributed by atoms with Gasteiger partial charge in [0.25, 0.3) is 0 Å². The Morgan fingerprint density at radius 1 is 1.07 bits per heavy atom. The smallest absolute Gasteiger partial charge is 0.286 e. The number of nitro groups is 1. The topological polar surface area (TPSA) is 80.5 Å². The monoisotopic (exact) mass is 382 g/mol. The molecule has 4 rings (SSSR count). The van der Waals surface area contributed by atoms with Crippen LogP contribution >= 0.6 is 11.6 Å². The third kappa shape index (κ3) is 2.07. The largest absolute Gasteiger partial charge is 0.385 e. The molecule has 1 unspecified atom stereocenters. The van der Waals surface area contributed by atoms with E-state index in [-0.39, 0.29) is 5.56 Å². The lowest BCUT2D eigenvalue weighted by atomic mass is 9.78. The van der Waals surface area contributed by atoms with Crippen LogP contribution in [0.3, 0.4) is 0 Å². The summed E-state index contributed by atoms with van der Waals surface area (Å²) in [6.07, 6.45) is 1.23. The molecule has 2 aromatic carbocycles. The van der Waals surface area contributed by atoms with Crippen LogP contribution in [0.25, 0.3) is 0 Å². The van der Waals surface area contributed by atoms with Gasteiger partial charge in [0.2, 0.25) is 5.78 Å². The van der Waals surface area contributed by atoms with Crippen LogP contribution in [0.15, 0.2) is 60.3 Å². The van der Waals surface area contributed by atoms with Gasteiger partial charge in [-0.3, -0.25) is 24.6 Å². The van der Waals surface area contributed by atoms with Gasteiger partial charge in [0.05, 0.1) is 5.69 Å². The number of fused-ring (bicyclic) bond motifs is 3. The highest BCUT2D eigenvalue weighted by molar-refractivity contribution is 6.31. The van der Waals surface area contributed by atoms with Gasteiger partial charge >= 0.3 is 11.4 Å². The standard InChI is InChI=1S/C20H15ClN2O4/c1-19(2)14-10-13(21)8-9-15(14)22-16(19)11-17(24)20(18(22)25,23(26)27)12-6-4-3-5-7-12/h3-11H,1-2H3. The number of benzene rings is 2. The Bertz CT molecular complexity index is 1050. The number of carbonyl (C=O) groups excluding carboxylic acids is 2. The third-order valence-corrected chi connectivity index (χ3v) is 5.59. The number of allylic oxidation sites excluding steroid dienone is 1. The van der Waals surface area contributed by atoms with Crippen molar-refractivity contribution < 1.29 is 14.5 Å². The Kier molecular flexibility index (Phi) is 3.55. The van der Waals surface area contributed by atoms with E-state index in [1.165, 1.54) is 23.1 Å². The van der Waals surface area contributed by atoms with Crippen LogP contribution in [0.4, 0.5) is 5.69 Å². The van der Waals surface area contributed by atoms with Gasteiger partial charge in [0.15, 0.2) is 0 Å². The van der Waals surface area contributed by atoms with Crippen LogP contribution in [0.1, 0.15) is 25.0 Å². The molecule has 136 valence electrons. The molecule has 2 heterocycles. The minimum absolute atomic E-state index is 0.0421. The maximum Gasteiger partial charge on any atom is 0.385 e. The molecule has 2 aromatic rings. The van der Waals surface area contributed by atoms with Crippen LogP contribution in [-0.2, 0) is 20.5 Å². The minimum Gasteiger partial charge on any atom is -0.286 e. The fourth-order valence-corrected chi connectivity index (χ4v) is 4.10. The molecule has 0 N–H and O–H groups in total. The second-order valence-corrected chi connectivity index (χ2v) is 7.59. The van der Waals surface area contributed by atoms with Gasteiger partial charge in [0.1, 0.15) is 0 Å². The predicted octanol–water partition coefficient (Wildman–Crippen LogP) is 3.60. The van der Waals surface area contributed by atoms with Crippen LogP contribution < -0.4 is 4.90 Å². The summed E-state index contributed by atoms with van der Waals surface area (Å²) in [5.41, 5.74) is -1.47. The Labute approximate surface area is 160 Å². The van der Waals surface area contributed by atoms with Crippen molar-refractivity contribution in [2.45, 2.75) is 24.8 Å². The highest BCUT2D eigenvalue weighted by Crippen LogP contribution is 2.52. The molecule has 6 nitrogen and oxygen atoms in total. The van der Waals surface area contributed by atoms with E-state index in [1.54, 1.807) is 36.4 Å². The zero-order chi connectivity index (χ0) is 19.6. The van der Waals surface area contributed by atoms with Crippen molar-refractivity contribution in [3.8, 4) is 0 Å². The maximum atomic E-state index is 13.5. The molecule has 0 aliphatic carbocycles. The summed E-state index contributed by atoms with van der Waals surface area (Å²) in [5, 5.41) is 12.6. The SMILES string of the molecule is CC1(C)C2=CC(=O)C(c3ccccc3)([N+](=O)[O-])C(=O)N2c2ccc(Cl)cc21. The number of hydrogen-bond donors (Lipinski definition) is 0. The molecule has 0 fully saturated rings. The van der Waals surface area contributed by atoms with Crippen molar-refractivity contribution in [2.24, 2.45) is 0 Å². The molecule has 0 radical (unpaired) electrons. The first-order valence-corrected chi connectivity index (χ1v) is 8.71. The van der Waals surface area contributed by atoms with Gasteiger partial charge in [-0.05, 0) is 23.8 Å². The average molecular weight is 383 g/mol. The Morgan fingerprint density at radius 2 is 1.74 bits per heavy atom. The van der Waals surface area contributed by atoms with Crippen molar-refractivity contribution in [3.05, 3.63) is 86.6 Å². The summed E-state index contributed by atoms with van der Waals surface area (Å²) >= 11 is 6.12. The number of ketones is 1. The number of carbonyl (C=O) groups is 2. The molecule has 2 aliphatic rings. The fraction of sp³-hybridized carbons (Fsp3) is 0.200. The summed E-state index contributed by atoms with van der Waals surface area (Å²) in [6.45, 7) is 3.71. The number of rotatable bonds is 2. The number of halogens is 1. The van der Waals surface area contributed by atoms with Crippen molar-refractivity contribution in [1.29, 1.82) is 0 Å². The number of nitrogens with zero attached hydrogens (tertiary/aromatic N) is 2. The van der Waals surface area contributed by atoms with E-state index in [0.717, 1.165) is 5.56 Å². The summed E-state index contributed by atoms with van der Waals surface area (Å²) < 4.78 is 0. The van der Waals surface area contributed by atoms with Crippen molar-refractivity contribution in [3.63, 3.8) is 0 Å². The molecule has 0 saturated carbocycles. The molecule has 2 aliphatic heterocycles.